The molecule has 0 saturated heterocycles. The van der Waals surface area contributed by atoms with Crippen LogP contribution in [0.5, 0.6) is 0 Å². The van der Waals surface area contributed by atoms with Crippen molar-refractivity contribution in [3.05, 3.63) is 12.4 Å². The van der Waals surface area contributed by atoms with Gasteiger partial charge in [0.25, 0.3) is 0 Å². The number of nitrogens with one attached hydrogen (secondary N) is 2. The van der Waals surface area contributed by atoms with Gasteiger partial charge in [-0.1, -0.05) is 6.42 Å². The van der Waals surface area contributed by atoms with Crippen LogP contribution in [0, 0.1) is 11.8 Å². The summed E-state index contributed by atoms with van der Waals surface area (Å²) in [4.78, 5) is 22.4. The molecule has 3 N–H and O–H groups in total. The largest absolute Gasteiger partial charge is 0.480 e. The van der Waals surface area contributed by atoms with Crippen molar-refractivity contribution >= 4 is 17.7 Å². The molecule has 3 unspecified atom stereocenters. The van der Waals surface area contributed by atoms with Crippen LogP contribution in [0.2, 0.25) is 0 Å². The molecular formula is C13H18N4O3. The standard InChI is InChI=1S/C13H18N4O3/c18-12(19)7-17-6-10(5-14-17)15-13(20)16-11-4-8-1-2-9(11)3-8/h5-6,8-9,11H,1-4,7H2,(H,18,19)(H2,15,16,20). The Morgan fingerprint density at radius 2 is 2.25 bits per heavy atom. The topological polar surface area (TPSA) is 96.2 Å². The molecule has 0 aliphatic heterocycles. The van der Waals surface area contributed by atoms with Crippen molar-refractivity contribution in [3.8, 4) is 0 Å². The third-order valence-electron chi connectivity index (χ3n) is 4.24. The van der Waals surface area contributed by atoms with Crippen LogP contribution < -0.4 is 10.6 Å². The number of fused-ring (bicyclic) bond motifs is 2. The Labute approximate surface area is 116 Å². The fraction of sp³-hybridized carbons (Fsp3) is 0.615. The number of carboxylic acid groups (broad SMARTS) is 1. The number of hydrogen-bond donors (Lipinski definition) is 3. The second-order valence-electron chi connectivity index (χ2n) is 5.70. The molecule has 7 nitrogen and oxygen atoms in total. The van der Waals surface area contributed by atoms with Crippen LogP contribution in [0.25, 0.3) is 0 Å². The van der Waals surface area contributed by atoms with Gasteiger partial charge in [0.15, 0.2) is 0 Å². The Balaban J connectivity index is 1.51. The van der Waals surface area contributed by atoms with E-state index >= 15 is 0 Å². The lowest BCUT2D eigenvalue weighted by molar-refractivity contribution is -0.137. The molecule has 0 aromatic carbocycles. The van der Waals surface area contributed by atoms with Crippen molar-refractivity contribution in [2.45, 2.75) is 38.3 Å². The lowest BCUT2D eigenvalue weighted by Gasteiger charge is -2.22. The normalized spacial score (nSPS) is 27.5. The molecule has 3 atom stereocenters. The molecule has 1 aromatic rings. The third kappa shape index (κ3) is 2.76. The van der Waals surface area contributed by atoms with E-state index < -0.39 is 5.97 Å². The quantitative estimate of drug-likeness (QED) is 0.773. The van der Waals surface area contributed by atoms with Gasteiger partial charge in [-0.2, -0.15) is 5.10 Å². The minimum Gasteiger partial charge on any atom is -0.480 e. The molecule has 108 valence electrons. The highest BCUT2D eigenvalue weighted by Crippen LogP contribution is 2.44. The smallest absolute Gasteiger partial charge is 0.325 e. The minimum atomic E-state index is -0.967. The lowest BCUT2D eigenvalue weighted by atomic mass is 9.95. The van der Waals surface area contributed by atoms with Gasteiger partial charge in [0.2, 0.25) is 0 Å². The molecular weight excluding hydrogens is 260 g/mol. The molecule has 2 fully saturated rings. The highest BCUT2D eigenvalue weighted by molar-refractivity contribution is 5.89. The Kier molecular flexibility index (Phi) is 3.33. The van der Waals surface area contributed by atoms with E-state index in [4.69, 9.17) is 5.11 Å². The molecule has 7 heteroatoms. The summed E-state index contributed by atoms with van der Waals surface area (Å²) >= 11 is 0. The highest BCUT2D eigenvalue weighted by atomic mass is 16.4. The van der Waals surface area contributed by atoms with E-state index in [-0.39, 0.29) is 18.6 Å². The molecule has 1 heterocycles. The second kappa shape index (κ2) is 5.15. The molecule has 20 heavy (non-hydrogen) atoms. The van der Waals surface area contributed by atoms with E-state index in [1.807, 2.05) is 0 Å². The molecule has 2 amide bonds. The zero-order valence-corrected chi connectivity index (χ0v) is 11.1. The monoisotopic (exact) mass is 278 g/mol. The van der Waals surface area contributed by atoms with Gasteiger partial charge in [-0.15, -0.1) is 0 Å². The predicted molar refractivity (Wildman–Crippen MR) is 71.3 cm³/mol. The van der Waals surface area contributed by atoms with E-state index in [0.717, 1.165) is 12.3 Å². The first-order valence-electron chi connectivity index (χ1n) is 6.92. The van der Waals surface area contributed by atoms with Crippen molar-refractivity contribution < 1.29 is 14.7 Å². The van der Waals surface area contributed by atoms with Crippen LogP contribution in [-0.2, 0) is 11.3 Å². The summed E-state index contributed by atoms with van der Waals surface area (Å²) < 4.78 is 1.27. The molecule has 0 radical (unpaired) electrons. The molecule has 0 spiro atoms. The highest BCUT2D eigenvalue weighted by Gasteiger charge is 2.40. The number of aliphatic carboxylic acids is 1. The van der Waals surface area contributed by atoms with Crippen LogP contribution >= 0.6 is 0 Å². The molecule has 3 rings (SSSR count). The fourth-order valence-electron chi connectivity index (χ4n) is 3.41. The number of nitrogens with zero attached hydrogens (tertiary/aromatic N) is 2. The summed E-state index contributed by atoms with van der Waals surface area (Å²) in [7, 11) is 0. The van der Waals surface area contributed by atoms with Gasteiger partial charge in [0, 0.05) is 12.2 Å². The van der Waals surface area contributed by atoms with Gasteiger partial charge >= 0.3 is 12.0 Å². The van der Waals surface area contributed by atoms with Crippen LogP contribution in [0.15, 0.2) is 12.4 Å². The van der Waals surface area contributed by atoms with Crippen molar-refractivity contribution in [1.29, 1.82) is 0 Å². The predicted octanol–water partition coefficient (Wildman–Crippen LogP) is 1.28. The number of carbonyl (C=O) groups excluding carboxylic acids is 1. The first kappa shape index (κ1) is 13.0. The molecule has 2 saturated carbocycles. The first-order valence-corrected chi connectivity index (χ1v) is 6.92. The number of amides is 2. The Bertz CT molecular complexity index is 527. The van der Waals surface area contributed by atoms with Gasteiger partial charge in [-0.3, -0.25) is 9.48 Å². The van der Waals surface area contributed by atoms with Crippen LogP contribution in [-0.4, -0.2) is 32.9 Å². The summed E-state index contributed by atoms with van der Waals surface area (Å²) in [5.41, 5.74) is 0.506. The van der Waals surface area contributed by atoms with Crippen molar-refractivity contribution in [3.63, 3.8) is 0 Å². The number of aromatic nitrogens is 2. The SMILES string of the molecule is O=C(O)Cn1cc(NC(=O)NC2CC3CCC2C3)cn1. The van der Waals surface area contributed by atoms with Gasteiger partial charge in [0.05, 0.1) is 11.9 Å². The van der Waals surface area contributed by atoms with E-state index in [9.17, 15) is 9.59 Å². The molecule has 2 aliphatic rings. The van der Waals surface area contributed by atoms with Crippen LogP contribution in [0.4, 0.5) is 10.5 Å². The molecule has 2 bridgehead atoms. The summed E-state index contributed by atoms with van der Waals surface area (Å²) in [6, 6.07) is 0.0419. The maximum atomic E-state index is 11.9. The van der Waals surface area contributed by atoms with E-state index in [2.05, 4.69) is 15.7 Å². The fourth-order valence-corrected chi connectivity index (χ4v) is 3.41. The number of hydrogen-bond acceptors (Lipinski definition) is 3. The summed E-state index contributed by atoms with van der Waals surface area (Å²) in [5, 5.41) is 18.2. The third-order valence-corrected chi connectivity index (χ3v) is 4.24. The number of rotatable bonds is 4. The maximum Gasteiger partial charge on any atom is 0.325 e. The Hall–Kier alpha value is -2.05. The Morgan fingerprint density at radius 1 is 1.40 bits per heavy atom. The number of carboxylic acids is 1. The van der Waals surface area contributed by atoms with Gasteiger partial charge in [-0.05, 0) is 31.1 Å². The Morgan fingerprint density at radius 3 is 2.90 bits per heavy atom. The first-order chi connectivity index (χ1) is 9.60. The van der Waals surface area contributed by atoms with Crippen LogP contribution in [0.3, 0.4) is 0 Å². The van der Waals surface area contributed by atoms with E-state index in [1.165, 1.54) is 36.3 Å². The van der Waals surface area contributed by atoms with Gasteiger partial charge < -0.3 is 15.7 Å². The maximum absolute atomic E-state index is 11.9. The van der Waals surface area contributed by atoms with Gasteiger partial charge in [0.1, 0.15) is 6.54 Å². The van der Waals surface area contributed by atoms with E-state index in [0.29, 0.717) is 11.6 Å². The number of carbonyl (C=O) groups is 2. The lowest BCUT2D eigenvalue weighted by Crippen LogP contribution is -2.40. The summed E-state index contributed by atoms with van der Waals surface area (Å²) in [6.07, 6.45) is 7.79. The number of anilines is 1. The van der Waals surface area contributed by atoms with Crippen molar-refractivity contribution in [2.24, 2.45) is 11.8 Å². The number of urea groups is 1. The van der Waals surface area contributed by atoms with Gasteiger partial charge in [-0.25, -0.2) is 4.79 Å². The molecule has 2 aliphatic carbocycles. The molecule has 1 aromatic heterocycles. The minimum absolute atomic E-state index is 0.213. The van der Waals surface area contributed by atoms with Crippen molar-refractivity contribution in [1.82, 2.24) is 15.1 Å². The average Bonchev–Trinajstić information content (AvgIpc) is 3.05. The van der Waals surface area contributed by atoms with E-state index in [1.54, 1.807) is 0 Å². The van der Waals surface area contributed by atoms with Crippen LogP contribution in [0.1, 0.15) is 25.7 Å². The zero-order chi connectivity index (χ0) is 14.1. The summed E-state index contributed by atoms with van der Waals surface area (Å²) in [6.45, 7) is -0.213. The summed E-state index contributed by atoms with van der Waals surface area (Å²) in [5.74, 6) is 0.440. The second-order valence-corrected chi connectivity index (χ2v) is 5.70. The van der Waals surface area contributed by atoms with Crippen molar-refractivity contribution in [2.75, 3.05) is 5.32 Å². The zero-order valence-electron chi connectivity index (χ0n) is 11.1. The average molecular weight is 278 g/mol.